The molecule has 0 bridgehead atoms. The Balaban J connectivity index is 1.98. The lowest BCUT2D eigenvalue weighted by molar-refractivity contribution is 0.566. The first kappa shape index (κ1) is 12.7. The summed E-state index contributed by atoms with van der Waals surface area (Å²) < 4.78 is 13.9. The van der Waals surface area contributed by atoms with E-state index >= 15 is 0 Å². The largest absolute Gasteiger partial charge is 0.304 e. The smallest absolute Gasteiger partial charge is 0.124 e. The van der Waals surface area contributed by atoms with Gasteiger partial charge in [0.05, 0.1) is 6.04 Å². The average Bonchev–Trinajstić information content (AvgIpc) is 2.78. The second kappa shape index (κ2) is 5.71. The highest BCUT2D eigenvalue weighted by Crippen LogP contribution is 2.18. The maximum absolute atomic E-state index is 13.2. The summed E-state index contributed by atoms with van der Waals surface area (Å²) in [7, 11) is 0. The molecule has 0 fully saturated rings. The number of hydrogen-bond donors (Lipinski definition) is 1. The van der Waals surface area contributed by atoms with Gasteiger partial charge in [-0.25, -0.2) is 9.37 Å². The number of nitrogens with zero attached hydrogens (tertiary/aromatic N) is 1. The van der Waals surface area contributed by atoms with Gasteiger partial charge in [0.15, 0.2) is 0 Å². The molecule has 1 unspecified atom stereocenters. The van der Waals surface area contributed by atoms with Crippen LogP contribution < -0.4 is 5.32 Å². The zero-order valence-corrected chi connectivity index (χ0v) is 11.7. The van der Waals surface area contributed by atoms with Gasteiger partial charge in [-0.05, 0) is 30.7 Å². The fraction of sp³-hybridized carbons (Fsp3) is 0.250. The van der Waals surface area contributed by atoms with Gasteiger partial charge in [-0.15, -0.1) is 11.3 Å². The maximum atomic E-state index is 13.2. The molecule has 1 heterocycles. The Bertz CT molecular complexity index is 467. The van der Waals surface area contributed by atoms with E-state index in [-0.39, 0.29) is 11.9 Å². The Morgan fingerprint density at radius 1 is 1.47 bits per heavy atom. The number of benzene rings is 1. The van der Waals surface area contributed by atoms with Crippen molar-refractivity contribution in [2.45, 2.75) is 19.5 Å². The van der Waals surface area contributed by atoms with Crippen molar-refractivity contribution in [2.75, 3.05) is 0 Å². The molecule has 0 saturated heterocycles. The average molecular weight is 315 g/mol. The number of nitrogens with one attached hydrogen (secondary N) is 1. The van der Waals surface area contributed by atoms with Crippen LogP contribution in [0.3, 0.4) is 0 Å². The van der Waals surface area contributed by atoms with Gasteiger partial charge in [-0.3, -0.25) is 0 Å². The van der Waals surface area contributed by atoms with Crippen molar-refractivity contribution in [1.29, 1.82) is 0 Å². The maximum Gasteiger partial charge on any atom is 0.124 e. The highest BCUT2D eigenvalue weighted by atomic mass is 79.9. The van der Waals surface area contributed by atoms with Gasteiger partial charge in [0.25, 0.3) is 0 Å². The minimum atomic E-state index is -0.224. The third kappa shape index (κ3) is 3.59. The van der Waals surface area contributed by atoms with Gasteiger partial charge in [0, 0.05) is 22.6 Å². The Morgan fingerprint density at radius 2 is 2.29 bits per heavy atom. The van der Waals surface area contributed by atoms with Gasteiger partial charge in [-0.2, -0.15) is 0 Å². The van der Waals surface area contributed by atoms with E-state index in [1.165, 1.54) is 12.1 Å². The number of halogens is 2. The summed E-state index contributed by atoms with van der Waals surface area (Å²) in [6.07, 6.45) is 1.79. The Labute approximate surface area is 112 Å². The number of hydrogen-bond acceptors (Lipinski definition) is 3. The van der Waals surface area contributed by atoms with Crippen molar-refractivity contribution < 1.29 is 4.39 Å². The first-order valence-corrected chi connectivity index (χ1v) is 6.90. The summed E-state index contributed by atoms with van der Waals surface area (Å²) in [5.74, 6) is -0.224. The molecule has 0 aliphatic carbocycles. The molecule has 2 aromatic rings. The standard InChI is InChI=1S/C12H12BrFN2S/c1-8(12-15-2-3-17-12)16-7-9-4-10(13)6-11(14)5-9/h2-6,8,16H,7H2,1H3. The quantitative estimate of drug-likeness (QED) is 0.926. The summed E-state index contributed by atoms with van der Waals surface area (Å²) in [6, 6.07) is 5.07. The number of rotatable bonds is 4. The number of aromatic nitrogens is 1. The molecule has 90 valence electrons. The van der Waals surface area contributed by atoms with Crippen LogP contribution in [-0.2, 0) is 6.54 Å². The van der Waals surface area contributed by atoms with Crippen molar-refractivity contribution >= 4 is 27.3 Å². The van der Waals surface area contributed by atoms with Crippen LogP contribution in [-0.4, -0.2) is 4.98 Å². The summed E-state index contributed by atoms with van der Waals surface area (Å²) >= 11 is 4.90. The third-order valence-electron chi connectivity index (χ3n) is 2.36. The number of thiazole rings is 1. The van der Waals surface area contributed by atoms with Crippen LogP contribution in [0, 0.1) is 5.82 Å². The Morgan fingerprint density at radius 3 is 2.94 bits per heavy atom. The van der Waals surface area contributed by atoms with Crippen LogP contribution >= 0.6 is 27.3 Å². The minimum absolute atomic E-state index is 0.178. The predicted octanol–water partition coefficient (Wildman–Crippen LogP) is 3.90. The van der Waals surface area contributed by atoms with Gasteiger partial charge in [0.1, 0.15) is 10.8 Å². The van der Waals surface area contributed by atoms with E-state index < -0.39 is 0 Å². The van der Waals surface area contributed by atoms with Gasteiger partial charge < -0.3 is 5.32 Å². The fourth-order valence-electron chi connectivity index (χ4n) is 1.52. The molecule has 17 heavy (non-hydrogen) atoms. The molecule has 2 rings (SSSR count). The summed E-state index contributed by atoms with van der Waals surface area (Å²) in [5.41, 5.74) is 0.917. The van der Waals surface area contributed by atoms with E-state index in [0.29, 0.717) is 6.54 Å². The third-order valence-corrected chi connectivity index (χ3v) is 3.77. The molecule has 1 aromatic heterocycles. The van der Waals surface area contributed by atoms with Crippen LogP contribution in [0.15, 0.2) is 34.2 Å². The van der Waals surface area contributed by atoms with Crippen molar-refractivity contribution in [1.82, 2.24) is 10.3 Å². The summed E-state index contributed by atoms with van der Waals surface area (Å²) in [6.45, 7) is 2.67. The molecule has 1 aromatic carbocycles. The molecule has 1 atom stereocenters. The van der Waals surface area contributed by atoms with Crippen molar-refractivity contribution in [3.8, 4) is 0 Å². The molecule has 1 N–H and O–H groups in total. The molecule has 5 heteroatoms. The second-order valence-electron chi connectivity index (χ2n) is 3.75. The lowest BCUT2D eigenvalue weighted by Gasteiger charge is -2.11. The predicted molar refractivity (Wildman–Crippen MR) is 71.5 cm³/mol. The highest BCUT2D eigenvalue weighted by Gasteiger charge is 2.07. The van der Waals surface area contributed by atoms with Crippen molar-refractivity contribution in [3.05, 3.63) is 50.6 Å². The van der Waals surface area contributed by atoms with Crippen molar-refractivity contribution in [2.24, 2.45) is 0 Å². The molecule has 0 amide bonds. The molecular formula is C12H12BrFN2S. The Kier molecular flexibility index (Phi) is 4.25. The van der Waals surface area contributed by atoms with Crippen LogP contribution in [0.25, 0.3) is 0 Å². The summed E-state index contributed by atoms with van der Waals surface area (Å²) in [5, 5.41) is 6.31. The van der Waals surface area contributed by atoms with E-state index in [0.717, 1.165) is 15.0 Å². The van der Waals surface area contributed by atoms with Crippen LogP contribution in [0.5, 0.6) is 0 Å². The van der Waals surface area contributed by atoms with Gasteiger partial charge >= 0.3 is 0 Å². The first-order chi connectivity index (χ1) is 8.15. The van der Waals surface area contributed by atoms with Crippen molar-refractivity contribution in [3.63, 3.8) is 0 Å². The normalized spacial score (nSPS) is 12.6. The molecule has 0 aliphatic heterocycles. The SMILES string of the molecule is CC(NCc1cc(F)cc(Br)c1)c1nccs1. The molecule has 0 aliphatic rings. The molecule has 0 radical (unpaired) electrons. The lowest BCUT2D eigenvalue weighted by Crippen LogP contribution is -2.17. The first-order valence-electron chi connectivity index (χ1n) is 5.23. The summed E-state index contributed by atoms with van der Waals surface area (Å²) in [4.78, 5) is 4.24. The second-order valence-corrected chi connectivity index (χ2v) is 5.59. The van der Waals surface area contributed by atoms with Crippen LogP contribution in [0.4, 0.5) is 4.39 Å². The van der Waals surface area contributed by atoms with Gasteiger partial charge in [-0.1, -0.05) is 15.9 Å². The molecular weight excluding hydrogens is 303 g/mol. The monoisotopic (exact) mass is 314 g/mol. The minimum Gasteiger partial charge on any atom is -0.304 e. The van der Waals surface area contributed by atoms with E-state index in [1.807, 2.05) is 18.4 Å². The zero-order valence-electron chi connectivity index (χ0n) is 9.28. The van der Waals surface area contributed by atoms with Crippen LogP contribution in [0.1, 0.15) is 23.5 Å². The fourth-order valence-corrected chi connectivity index (χ4v) is 2.70. The molecule has 0 saturated carbocycles. The zero-order chi connectivity index (χ0) is 12.3. The molecule has 2 nitrogen and oxygen atoms in total. The lowest BCUT2D eigenvalue weighted by atomic mass is 10.2. The topological polar surface area (TPSA) is 24.9 Å². The van der Waals surface area contributed by atoms with E-state index in [9.17, 15) is 4.39 Å². The van der Waals surface area contributed by atoms with E-state index in [1.54, 1.807) is 17.5 Å². The highest BCUT2D eigenvalue weighted by molar-refractivity contribution is 9.10. The molecule has 0 spiro atoms. The van der Waals surface area contributed by atoms with Crippen LogP contribution in [0.2, 0.25) is 0 Å². The van der Waals surface area contributed by atoms with Gasteiger partial charge in [0.2, 0.25) is 0 Å². The Hall–Kier alpha value is -0.780. The van der Waals surface area contributed by atoms with E-state index in [2.05, 4.69) is 26.2 Å². The van der Waals surface area contributed by atoms with E-state index in [4.69, 9.17) is 0 Å².